The molecule has 0 saturated carbocycles. The average Bonchev–Trinajstić information content (AvgIpc) is 2.85. The number of carbonyl (C=O) groups excluding carboxylic acids is 2. The van der Waals surface area contributed by atoms with E-state index in [9.17, 15) is 9.59 Å². The summed E-state index contributed by atoms with van der Waals surface area (Å²) in [6.07, 6.45) is 1.80. The van der Waals surface area contributed by atoms with E-state index in [1.807, 2.05) is 13.0 Å². The standard InChI is InChI=1S/C17H30N4O3/c1-7-8-9-21(16(23)12-24-6)11-15(22)18-14-10-13(17(2,3)4)19-20(14)5/h10H,7-9,11-12H2,1-6H3,(H,18,22). The van der Waals surface area contributed by atoms with E-state index >= 15 is 0 Å². The van der Waals surface area contributed by atoms with Gasteiger partial charge in [-0.05, 0) is 6.42 Å². The first kappa shape index (κ1) is 20.2. The van der Waals surface area contributed by atoms with Gasteiger partial charge in [-0.25, -0.2) is 0 Å². The first-order valence-corrected chi connectivity index (χ1v) is 8.30. The van der Waals surface area contributed by atoms with Crippen LogP contribution in [0.3, 0.4) is 0 Å². The maximum absolute atomic E-state index is 12.3. The summed E-state index contributed by atoms with van der Waals surface area (Å²) in [5.41, 5.74) is 0.807. The topological polar surface area (TPSA) is 76.5 Å². The van der Waals surface area contributed by atoms with Gasteiger partial charge in [0, 0.05) is 32.2 Å². The number of unbranched alkanes of at least 4 members (excludes halogenated alkanes) is 1. The zero-order chi connectivity index (χ0) is 18.3. The van der Waals surface area contributed by atoms with E-state index in [2.05, 4.69) is 31.2 Å². The van der Waals surface area contributed by atoms with E-state index in [1.54, 1.807) is 11.7 Å². The lowest BCUT2D eigenvalue weighted by atomic mass is 9.92. The van der Waals surface area contributed by atoms with Crippen molar-refractivity contribution in [2.45, 2.75) is 46.0 Å². The van der Waals surface area contributed by atoms with Gasteiger partial charge < -0.3 is 15.0 Å². The molecule has 136 valence electrons. The van der Waals surface area contributed by atoms with Crippen LogP contribution in [0.1, 0.15) is 46.2 Å². The third-order valence-electron chi connectivity index (χ3n) is 3.65. The number of aryl methyl sites for hydroxylation is 1. The number of aromatic nitrogens is 2. The van der Waals surface area contributed by atoms with Crippen LogP contribution in [0, 0.1) is 0 Å². The third-order valence-corrected chi connectivity index (χ3v) is 3.65. The molecule has 0 aliphatic carbocycles. The number of amides is 2. The van der Waals surface area contributed by atoms with E-state index in [4.69, 9.17) is 4.74 Å². The van der Waals surface area contributed by atoms with E-state index in [0.717, 1.165) is 18.5 Å². The third kappa shape index (κ3) is 5.96. The lowest BCUT2D eigenvalue weighted by Crippen LogP contribution is -2.40. The molecular formula is C17H30N4O3. The Bertz CT molecular complexity index is 561. The van der Waals surface area contributed by atoms with Crippen LogP contribution in [-0.4, -0.2) is 53.3 Å². The Hall–Kier alpha value is -1.89. The van der Waals surface area contributed by atoms with Crippen molar-refractivity contribution in [3.63, 3.8) is 0 Å². The Morgan fingerprint density at radius 3 is 2.54 bits per heavy atom. The van der Waals surface area contributed by atoms with E-state index in [0.29, 0.717) is 12.4 Å². The number of ether oxygens (including phenoxy) is 1. The minimum Gasteiger partial charge on any atom is -0.375 e. The maximum atomic E-state index is 12.3. The zero-order valence-corrected chi connectivity index (χ0v) is 15.7. The summed E-state index contributed by atoms with van der Waals surface area (Å²) in [7, 11) is 3.26. The van der Waals surface area contributed by atoms with E-state index < -0.39 is 0 Å². The molecule has 7 heteroatoms. The Morgan fingerprint density at radius 1 is 1.38 bits per heavy atom. The molecule has 0 spiro atoms. The van der Waals surface area contributed by atoms with Gasteiger partial charge in [-0.3, -0.25) is 14.3 Å². The predicted molar refractivity (Wildman–Crippen MR) is 93.9 cm³/mol. The summed E-state index contributed by atoms with van der Waals surface area (Å²) in [4.78, 5) is 25.9. The number of methoxy groups -OCH3 is 1. The van der Waals surface area contributed by atoms with Gasteiger partial charge in [-0.1, -0.05) is 34.1 Å². The molecule has 0 saturated heterocycles. The molecule has 0 atom stereocenters. The molecule has 1 aromatic rings. The van der Waals surface area contributed by atoms with Crippen LogP contribution in [0.2, 0.25) is 0 Å². The average molecular weight is 338 g/mol. The fourth-order valence-electron chi connectivity index (χ4n) is 2.16. The van der Waals surface area contributed by atoms with Gasteiger partial charge in [0.1, 0.15) is 12.4 Å². The number of nitrogens with zero attached hydrogens (tertiary/aromatic N) is 3. The van der Waals surface area contributed by atoms with Crippen molar-refractivity contribution < 1.29 is 14.3 Å². The van der Waals surface area contributed by atoms with Gasteiger partial charge >= 0.3 is 0 Å². The van der Waals surface area contributed by atoms with Crippen LogP contribution in [0.5, 0.6) is 0 Å². The van der Waals surface area contributed by atoms with Gasteiger partial charge in [-0.15, -0.1) is 0 Å². The van der Waals surface area contributed by atoms with Crippen molar-refractivity contribution in [3.8, 4) is 0 Å². The van der Waals surface area contributed by atoms with Crippen LogP contribution in [0.25, 0.3) is 0 Å². The van der Waals surface area contributed by atoms with Gasteiger partial charge in [0.15, 0.2) is 0 Å². The lowest BCUT2D eigenvalue weighted by Gasteiger charge is -2.21. The fourth-order valence-corrected chi connectivity index (χ4v) is 2.16. The molecular weight excluding hydrogens is 308 g/mol. The highest BCUT2D eigenvalue weighted by Crippen LogP contribution is 2.23. The summed E-state index contributed by atoms with van der Waals surface area (Å²) < 4.78 is 6.53. The minimum absolute atomic E-state index is 0.0121. The molecule has 7 nitrogen and oxygen atoms in total. The van der Waals surface area contributed by atoms with Crippen LogP contribution >= 0.6 is 0 Å². The summed E-state index contributed by atoms with van der Waals surface area (Å²) in [5, 5.41) is 7.26. The molecule has 2 amide bonds. The van der Waals surface area contributed by atoms with Crippen molar-refractivity contribution in [1.29, 1.82) is 0 Å². The number of carbonyl (C=O) groups is 2. The van der Waals surface area contributed by atoms with Gasteiger partial charge in [-0.2, -0.15) is 5.10 Å². The first-order chi connectivity index (χ1) is 11.2. The number of rotatable bonds is 8. The normalized spacial score (nSPS) is 11.4. The Kier molecular flexibility index (Phi) is 7.41. The minimum atomic E-state index is -0.237. The molecule has 1 heterocycles. The maximum Gasteiger partial charge on any atom is 0.249 e. The summed E-state index contributed by atoms with van der Waals surface area (Å²) in [6, 6.07) is 1.87. The molecule has 0 aromatic carbocycles. The summed E-state index contributed by atoms with van der Waals surface area (Å²) >= 11 is 0. The molecule has 0 aliphatic rings. The lowest BCUT2D eigenvalue weighted by molar-refractivity contribution is -0.138. The molecule has 24 heavy (non-hydrogen) atoms. The fraction of sp³-hybridized carbons (Fsp3) is 0.706. The van der Waals surface area contributed by atoms with Crippen LogP contribution in [0.4, 0.5) is 5.82 Å². The molecule has 0 unspecified atom stereocenters. The van der Waals surface area contributed by atoms with Crippen LogP contribution in [-0.2, 0) is 26.8 Å². The Balaban J connectivity index is 2.75. The van der Waals surface area contributed by atoms with E-state index in [1.165, 1.54) is 12.0 Å². The molecule has 0 fully saturated rings. The SMILES string of the molecule is CCCCN(CC(=O)Nc1cc(C(C)(C)C)nn1C)C(=O)COC. The van der Waals surface area contributed by atoms with Gasteiger partial charge in [0.2, 0.25) is 11.8 Å². The summed E-state index contributed by atoms with van der Waals surface area (Å²) in [6.45, 7) is 8.78. The van der Waals surface area contributed by atoms with Crippen LogP contribution < -0.4 is 5.32 Å². The number of anilines is 1. The van der Waals surface area contributed by atoms with Crippen molar-refractivity contribution in [2.24, 2.45) is 7.05 Å². The Morgan fingerprint density at radius 2 is 2.04 bits per heavy atom. The highest BCUT2D eigenvalue weighted by molar-refractivity contribution is 5.94. The second-order valence-corrected chi connectivity index (χ2v) is 6.94. The molecule has 0 radical (unpaired) electrons. The van der Waals surface area contributed by atoms with Crippen molar-refractivity contribution in [1.82, 2.24) is 14.7 Å². The van der Waals surface area contributed by atoms with E-state index in [-0.39, 0.29) is 30.4 Å². The second kappa shape index (κ2) is 8.82. The number of hydrogen-bond donors (Lipinski definition) is 1. The predicted octanol–water partition coefficient (Wildman–Crippen LogP) is 1.93. The van der Waals surface area contributed by atoms with Crippen molar-refractivity contribution in [3.05, 3.63) is 11.8 Å². The van der Waals surface area contributed by atoms with Crippen molar-refractivity contribution in [2.75, 3.05) is 32.1 Å². The quantitative estimate of drug-likeness (QED) is 0.786. The number of hydrogen-bond acceptors (Lipinski definition) is 4. The monoisotopic (exact) mass is 338 g/mol. The first-order valence-electron chi connectivity index (χ1n) is 8.30. The molecule has 1 N–H and O–H groups in total. The highest BCUT2D eigenvalue weighted by Gasteiger charge is 2.21. The second-order valence-electron chi connectivity index (χ2n) is 6.94. The smallest absolute Gasteiger partial charge is 0.249 e. The van der Waals surface area contributed by atoms with Gasteiger partial charge in [0.05, 0.1) is 12.2 Å². The molecule has 1 rings (SSSR count). The zero-order valence-electron chi connectivity index (χ0n) is 15.7. The summed E-state index contributed by atoms with van der Waals surface area (Å²) in [5.74, 6) is 0.208. The largest absolute Gasteiger partial charge is 0.375 e. The Labute approximate surface area is 144 Å². The number of nitrogens with one attached hydrogen (secondary N) is 1. The van der Waals surface area contributed by atoms with Gasteiger partial charge in [0.25, 0.3) is 0 Å². The highest BCUT2D eigenvalue weighted by atomic mass is 16.5. The van der Waals surface area contributed by atoms with Crippen LogP contribution in [0.15, 0.2) is 6.07 Å². The molecule has 1 aromatic heterocycles. The molecule has 0 bridgehead atoms. The van der Waals surface area contributed by atoms with Crippen molar-refractivity contribution >= 4 is 17.6 Å². The molecule has 0 aliphatic heterocycles.